The molecule has 1 aliphatic heterocycles. The number of piperazine rings is 1. The molecule has 1 N–H and O–H groups in total. The van der Waals surface area contributed by atoms with Gasteiger partial charge < -0.3 is 15.0 Å². The van der Waals surface area contributed by atoms with Crippen molar-refractivity contribution in [2.75, 3.05) is 43.5 Å². The van der Waals surface area contributed by atoms with Gasteiger partial charge in [0.1, 0.15) is 6.04 Å². The maximum Gasteiger partial charge on any atom is 0.416 e. The summed E-state index contributed by atoms with van der Waals surface area (Å²) >= 11 is 6.16. The summed E-state index contributed by atoms with van der Waals surface area (Å²) in [4.78, 5) is 30.2. The number of nitrogens with zero attached hydrogens (tertiary/aromatic N) is 2. The summed E-state index contributed by atoms with van der Waals surface area (Å²) in [5.41, 5.74) is 2.81. The molecular formula is C33H29ClF3N3O3. The van der Waals surface area contributed by atoms with Gasteiger partial charge in [-0.3, -0.25) is 9.69 Å². The van der Waals surface area contributed by atoms with E-state index >= 15 is 0 Å². The quantitative estimate of drug-likeness (QED) is 0.223. The number of carbonyl (C=O) groups is 2. The van der Waals surface area contributed by atoms with Crippen molar-refractivity contribution >= 4 is 34.9 Å². The Morgan fingerprint density at radius 1 is 0.860 bits per heavy atom. The second-order valence-electron chi connectivity index (χ2n) is 10.1. The number of nitrogens with one attached hydrogen (secondary N) is 1. The number of methoxy groups -OCH3 is 1. The zero-order valence-electron chi connectivity index (χ0n) is 23.3. The number of anilines is 2. The third kappa shape index (κ3) is 7.01. The number of ether oxygens (including phenoxy) is 1. The molecule has 0 spiro atoms. The van der Waals surface area contributed by atoms with Crippen molar-refractivity contribution in [2.45, 2.75) is 12.2 Å². The Hall–Kier alpha value is -4.34. The van der Waals surface area contributed by atoms with E-state index < -0.39 is 23.7 Å². The number of alkyl halides is 3. The summed E-state index contributed by atoms with van der Waals surface area (Å²) in [5.74, 6) is -0.704. The first-order valence-corrected chi connectivity index (χ1v) is 14.0. The Balaban J connectivity index is 1.25. The van der Waals surface area contributed by atoms with Crippen LogP contribution in [0.4, 0.5) is 24.5 Å². The van der Waals surface area contributed by atoms with Gasteiger partial charge in [0.05, 0.1) is 12.7 Å². The predicted octanol–water partition coefficient (Wildman–Crippen LogP) is 7.31. The summed E-state index contributed by atoms with van der Waals surface area (Å²) in [6.07, 6.45) is -4.46. The number of rotatable bonds is 7. The Morgan fingerprint density at radius 3 is 2.12 bits per heavy atom. The molecule has 1 saturated heterocycles. The molecule has 5 rings (SSSR count). The first kappa shape index (κ1) is 30.1. The Bertz CT molecular complexity index is 1570. The third-order valence-electron chi connectivity index (χ3n) is 7.46. The highest BCUT2D eigenvalue weighted by atomic mass is 35.5. The maximum absolute atomic E-state index is 13.2. The van der Waals surface area contributed by atoms with Gasteiger partial charge in [-0.15, -0.1) is 0 Å². The zero-order valence-corrected chi connectivity index (χ0v) is 24.0. The van der Waals surface area contributed by atoms with Gasteiger partial charge in [-0.2, -0.15) is 13.2 Å². The van der Waals surface area contributed by atoms with Gasteiger partial charge in [-0.05, 0) is 71.3 Å². The molecule has 4 aromatic rings. The van der Waals surface area contributed by atoms with Crippen LogP contribution in [0.2, 0.25) is 5.02 Å². The van der Waals surface area contributed by atoms with Crippen LogP contribution in [0.15, 0.2) is 97.1 Å². The Labute approximate surface area is 252 Å². The van der Waals surface area contributed by atoms with Crippen molar-refractivity contribution in [3.05, 3.63) is 119 Å². The van der Waals surface area contributed by atoms with Crippen molar-refractivity contribution < 1.29 is 27.5 Å². The number of hydrogen-bond donors (Lipinski definition) is 1. The number of benzene rings is 4. The second kappa shape index (κ2) is 12.9. The van der Waals surface area contributed by atoms with Crippen molar-refractivity contribution in [3.63, 3.8) is 0 Å². The van der Waals surface area contributed by atoms with Crippen molar-refractivity contribution in [1.82, 2.24) is 4.90 Å². The highest BCUT2D eigenvalue weighted by Gasteiger charge is 2.32. The lowest BCUT2D eigenvalue weighted by atomic mass is 9.98. The lowest BCUT2D eigenvalue weighted by molar-refractivity contribution is -0.147. The van der Waals surface area contributed by atoms with E-state index in [0.717, 1.165) is 23.4 Å². The molecule has 0 radical (unpaired) electrons. The normalized spacial score (nSPS) is 14.7. The fourth-order valence-electron chi connectivity index (χ4n) is 5.23. The average molecular weight is 608 g/mol. The molecule has 43 heavy (non-hydrogen) atoms. The monoisotopic (exact) mass is 607 g/mol. The van der Waals surface area contributed by atoms with Gasteiger partial charge in [0, 0.05) is 48.1 Å². The maximum atomic E-state index is 13.2. The van der Waals surface area contributed by atoms with Gasteiger partial charge in [0.15, 0.2) is 0 Å². The fraction of sp³-hybridized carbons (Fsp3) is 0.212. The van der Waals surface area contributed by atoms with Crippen LogP contribution in [0, 0.1) is 0 Å². The second-order valence-corrected chi connectivity index (χ2v) is 10.6. The minimum absolute atomic E-state index is 0.280. The highest BCUT2D eigenvalue weighted by molar-refractivity contribution is 6.31. The van der Waals surface area contributed by atoms with Crippen LogP contribution in [0.25, 0.3) is 11.1 Å². The Morgan fingerprint density at radius 2 is 1.51 bits per heavy atom. The van der Waals surface area contributed by atoms with Crippen LogP contribution in [0.1, 0.15) is 27.5 Å². The van der Waals surface area contributed by atoms with Crippen molar-refractivity contribution in [2.24, 2.45) is 0 Å². The molecule has 0 bridgehead atoms. The summed E-state index contributed by atoms with van der Waals surface area (Å²) in [7, 11) is 1.40. The number of carbonyl (C=O) groups excluding carboxylic acids is 2. The van der Waals surface area contributed by atoms with Gasteiger partial charge in [0.25, 0.3) is 5.91 Å². The molecular weight excluding hydrogens is 579 g/mol. The first-order chi connectivity index (χ1) is 20.6. The van der Waals surface area contributed by atoms with Gasteiger partial charge in [-0.1, -0.05) is 54.1 Å². The van der Waals surface area contributed by atoms with Crippen molar-refractivity contribution in [3.8, 4) is 11.1 Å². The number of hydrogen-bond acceptors (Lipinski definition) is 5. The molecule has 1 aliphatic rings. The van der Waals surface area contributed by atoms with E-state index in [1.54, 1.807) is 30.3 Å². The third-order valence-corrected chi connectivity index (χ3v) is 7.69. The molecule has 1 heterocycles. The van der Waals surface area contributed by atoms with E-state index in [4.69, 9.17) is 16.3 Å². The topological polar surface area (TPSA) is 61.9 Å². The van der Waals surface area contributed by atoms with Crippen LogP contribution in [-0.2, 0) is 15.7 Å². The summed E-state index contributed by atoms with van der Waals surface area (Å²) < 4.78 is 44.2. The number of halogens is 4. The summed E-state index contributed by atoms with van der Waals surface area (Å²) in [6.45, 7) is 2.73. The van der Waals surface area contributed by atoms with Gasteiger partial charge in [0.2, 0.25) is 0 Å². The van der Waals surface area contributed by atoms with Crippen LogP contribution in [0.3, 0.4) is 0 Å². The molecule has 6 nitrogen and oxygen atoms in total. The SMILES string of the molecule is COC(=O)C(c1ccccc1)N1CCN(c2ccc(NC(=O)c3ccc(Cl)cc3-c3ccc(C(F)(F)F)cc3)cc2)CC1. The average Bonchev–Trinajstić information content (AvgIpc) is 3.02. The van der Waals surface area contributed by atoms with Crippen molar-refractivity contribution in [1.29, 1.82) is 0 Å². The lowest BCUT2D eigenvalue weighted by Gasteiger charge is -2.39. The first-order valence-electron chi connectivity index (χ1n) is 13.6. The van der Waals surface area contributed by atoms with Crippen LogP contribution < -0.4 is 10.2 Å². The van der Waals surface area contributed by atoms with E-state index in [1.165, 1.54) is 19.2 Å². The molecule has 0 saturated carbocycles. The molecule has 4 aromatic carbocycles. The molecule has 1 fully saturated rings. The highest BCUT2D eigenvalue weighted by Crippen LogP contribution is 2.33. The zero-order chi connectivity index (χ0) is 30.6. The van der Waals surface area contributed by atoms with E-state index in [2.05, 4.69) is 15.1 Å². The molecule has 1 unspecified atom stereocenters. The minimum atomic E-state index is -4.46. The fourth-order valence-corrected chi connectivity index (χ4v) is 5.40. The smallest absolute Gasteiger partial charge is 0.416 e. The van der Waals surface area contributed by atoms with Crippen LogP contribution in [0.5, 0.6) is 0 Å². The van der Waals surface area contributed by atoms with E-state index in [1.807, 2.05) is 42.5 Å². The van der Waals surface area contributed by atoms with Gasteiger partial charge in [-0.25, -0.2) is 4.79 Å². The molecule has 0 aromatic heterocycles. The predicted molar refractivity (Wildman–Crippen MR) is 161 cm³/mol. The Kier molecular flexibility index (Phi) is 9.03. The van der Waals surface area contributed by atoms with Crippen LogP contribution in [-0.4, -0.2) is 50.1 Å². The van der Waals surface area contributed by atoms with E-state index in [0.29, 0.717) is 48.0 Å². The molecule has 1 amide bonds. The molecule has 0 aliphatic carbocycles. The van der Waals surface area contributed by atoms with Gasteiger partial charge >= 0.3 is 12.1 Å². The number of amides is 1. The summed E-state index contributed by atoms with van der Waals surface area (Å²) in [6, 6.07) is 25.8. The summed E-state index contributed by atoms with van der Waals surface area (Å²) in [5, 5.41) is 3.23. The van der Waals surface area contributed by atoms with Crippen LogP contribution >= 0.6 is 11.6 Å². The van der Waals surface area contributed by atoms with E-state index in [-0.39, 0.29) is 11.5 Å². The standard InChI is InChI=1S/C33H29ClF3N3O3/c1-43-32(42)30(23-5-3-2-4-6-23)40-19-17-39(18-20-40)27-14-12-26(13-15-27)38-31(41)28-16-11-25(34)21-29(28)22-7-9-24(10-8-22)33(35,36)37/h2-16,21,30H,17-20H2,1H3,(H,38,41). The minimum Gasteiger partial charge on any atom is -0.468 e. The lowest BCUT2D eigenvalue weighted by Crippen LogP contribution is -2.49. The number of esters is 1. The largest absolute Gasteiger partial charge is 0.468 e. The van der Waals surface area contributed by atoms with E-state index in [9.17, 15) is 22.8 Å². The molecule has 1 atom stereocenters. The molecule has 222 valence electrons. The molecule has 10 heteroatoms.